The Balaban J connectivity index is 1.99. The van der Waals surface area contributed by atoms with Gasteiger partial charge in [-0.05, 0) is 12.1 Å². The van der Waals surface area contributed by atoms with Gasteiger partial charge >= 0.3 is 6.03 Å². The Hall–Kier alpha value is -1.69. The molecule has 4 nitrogen and oxygen atoms in total. The van der Waals surface area contributed by atoms with E-state index >= 15 is 0 Å². The lowest BCUT2D eigenvalue weighted by molar-refractivity contribution is 0.242. The van der Waals surface area contributed by atoms with Crippen LogP contribution in [-0.2, 0) is 0 Å². The number of carbonyl (C=O) groups excluding carboxylic acids is 1. The molecule has 1 aromatic rings. The maximum atomic E-state index is 13.1. The molecule has 1 fully saturated rings. The van der Waals surface area contributed by atoms with Crippen molar-refractivity contribution in [3.63, 3.8) is 0 Å². The summed E-state index contributed by atoms with van der Waals surface area (Å²) in [5.74, 6) is -1.58. The van der Waals surface area contributed by atoms with Gasteiger partial charge in [-0.1, -0.05) is 6.07 Å². The fourth-order valence-electron chi connectivity index (χ4n) is 1.34. The summed E-state index contributed by atoms with van der Waals surface area (Å²) < 4.78 is 26.3. The van der Waals surface area contributed by atoms with Crippen molar-refractivity contribution in [2.75, 3.05) is 18.4 Å². The first kappa shape index (κ1) is 10.8. The summed E-state index contributed by atoms with van der Waals surface area (Å²) in [5.41, 5.74) is -0.424. The van der Waals surface area contributed by atoms with Gasteiger partial charge in [-0.3, -0.25) is 0 Å². The number of urea groups is 1. The number of nitrogens with one attached hydrogen (secondary N) is 3. The zero-order valence-corrected chi connectivity index (χ0v) is 8.39. The van der Waals surface area contributed by atoms with Crippen molar-refractivity contribution < 1.29 is 13.6 Å². The maximum absolute atomic E-state index is 13.1. The molecule has 0 saturated carbocycles. The Kier molecular flexibility index (Phi) is 3.00. The summed E-state index contributed by atoms with van der Waals surface area (Å²) in [6.07, 6.45) is 0. The van der Waals surface area contributed by atoms with Crippen LogP contribution in [0.3, 0.4) is 0 Å². The lowest BCUT2D eigenvalue weighted by Gasteiger charge is -2.27. The van der Waals surface area contributed by atoms with E-state index in [4.69, 9.17) is 0 Å². The lowest BCUT2D eigenvalue weighted by Crippen LogP contribution is -2.57. The number of rotatable bonds is 2. The van der Waals surface area contributed by atoms with E-state index in [2.05, 4.69) is 16.0 Å². The topological polar surface area (TPSA) is 53.2 Å². The number of amides is 2. The van der Waals surface area contributed by atoms with E-state index in [0.29, 0.717) is 13.1 Å². The highest BCUT2D eigenvalue weighted by Gasteiger charge is 2.19. The number of halogens is 2. The fourth-order valence-corrected chi connectivity index (χ4v) is 1.34. The van der Waals surface area contributed by atoms with Crippen molar-refractivity contribution >= 4 is 11.7 Å². The van der Waals surface area contributed by atoms with Crippen molar-refractivity contribution in [1.82, 2.24) is 10.6 Å². The van der Waals surface area contributed by atoms with Crippen LogP contribution in [-0.4, -0.2) is 25.2 Å². The molecule has 1 aliphatic heterocycles. The molecule has 86 valence electrons. The summed E-state index contributed by atoms with van der Waals surface area (Å²) >= 11 is 0. The molecule has 2 rings (SSSR count). The van der Waals surface area contributed by atoms with Crippen LogP contribution in [0.5, 0.6) is 0 Å². The van der Waals surface area contributed by atoms with Crippen LogP contribution in [0.4, 0.5) is 19.3 Å². The molecule has 0 atom stereocenters. The van der Waals surface area contributed by atoms with Crippen molar-refractivity contribution in [2.24, 2.45) is 0 Å². The number of para-hydroxylation sites is 1. The van der Waals surface area contributed by atoms with Gasteiger partial charge in [-0.2, -0.15) is 0 Å². The molecule has 0 unspecified atom stereocenters. The minimum atomic E-state index is -0.790. The SMILES string of the molecule is O=C(Nc1c(F)cccc1F)NC1CNC1. The van der Waals surface area contributed by atoms with E-state index in [9.17, 15) is 13.6 Å². The Labute approximate surface area is 91.0 Å². The average molecular weight is 227 g/mol. The fraction of sp³-hybridized carbons (Fsp3) is 0.300. The third-order valence-corrected chi connectivity index (χ3v) is 2.32. The van der Waals surface area contributed by atoms with Crippen molar-refractivity contribution in [1.29, 1.82) is 0 Å². The molecular formula is C10H11F2N3O. The number of anilines is 1. The third-order valence-electron chi connectivity index (χ3n) is 2.32. The summed E-state index contributed by atoms with van der Waals surface area (Å²) in [6.45, 7) is 1.35. The first-order valence-corrected chi connectivity index (χ1v) is 4.89. The molecule has 6 heteroatoms. The second-order valence-corrected chi connectivity index (χ2v) is 3.55. The van der Waals surface area contributed by atoms with Crippen LogP contribution in [0.2, 0.25) is 0 Å². The van der Waals surface area contributed by atoms with Crippen molar-refractivity contribution in [3.8, 4) is 0 Å². The number of hydrogen-bond acceptors (Lipinski definition) is 2. The van der Waals surface area contributed by atoms with E-state index in [1.165, 1.54) is 6.07 Å². The summed E-state index contributed by atoms with van der Waals surface area (Å²) in [4.78, 5) is 11.3. The van der Waals surface area contributed by atoms with E-state index < -0.39 is 23.4 Å². The van der Waals surface area contributed by atoms with Gasteiger partial charge in [0.05, 0.1) is 6.04 Å². The van der Waals surface area contributed by atoms with Crippen LogP contribution in [0.25, 0.3) is 0 Å². The summed E-state index contributed by atoms with van der Waals surface area (Å²) in [6, 6.07) is 2.84. The van der Waals surface area contributed by atoms with Crippen LogP contribution in [0, 0.1) is 11.6 Å². The summed E-state index contributed by atoms with van der Waals surface area (Å²) in [7, 11) is 0. The normalized spacial score (nSPS) is 15.4. The monoisotopic (exact) mass is 227 g/mol. The van der Waals surface area contributed by atoms with Gasteiger partial charge in [0.1, 0.15) is 17.3 Å². The number of benzene rings is 1. The molecule has 1 aliphatic rings. The van der Waals surface area contributed by atoms with Gasteiger partial charge in [0.25, 0.3) is 0 Å². The molecule has 1 heterocycles. The molecular weight excluding hydrogens is 216 g/mol. The number of hydrogen-bond donors (Lipinski definition) is 3. The Bertz CT molecular complexity index is 387. The van der Waals surface area contributed by atoms with Crippen LogP contribution in [0.15, 0.2) is 18.2 Å². The van der Waals surface area contributed by atoms with Crippen LogP contribution >= 0.6 is 0 Å². The number of carbonyl (C=O) groups is 1. The van der Waals surface area contributed by atoms with Gasteiger partial charge in [0.15, 0.2) is 0 Å². The molecule has 2 amide bonds. The highest BCUT2D eigenvalue weighted by atomic mass is 19.1. The minimum absolute atomic E-state index is 0.0230. The Morgan fingerprint density at radius 1 is 1.31 bits per heavy atom. The van der Waals surface area contributed by atoms with Gasteiger partial charge in [0.2, 0.25) is 0 Å². The molecule has 16 heavy (non-hydrogen) atoms. The molecule has 0 radical (unpaired) electrons. The molecule has 0 aliphatic carbocycles. The van der Waals surface area contributed by atoms with Crippen LogP contribution in [0.1, 0.15) is 0 Å². The van der Waals surface area contributed by atoms with Gasteiger partial charge in [0, 0.05) is 13.1 Å². The first-order chi connectivity index (χ1) is 7.66. The molecule has 3 N–H and O–H groups in total. The predicted octanol–water partition coefficient (Wildman–Crippen LogP) is 1.06. The quantitative estimate of drug-likeness (QED) is 0.707. The largest absolute Gasteiger partial charge is 0.333 e. The van der Waals surface area contributed by atoms with Crippen LogP contribution < -0.4 is 16.0 Å². The third kappa shape index (κ3) is 2.27. The van der Waals surface area contributed by atoms with E-state index in [1.807, 2.05) is 0 Å². The Morgan fingerprint density at radius 2 is 1.94 bits per heavy atom. The zero-order chi connectivity index (χ0) is 11.5. The molecule has 1 aromatic carbocycles. The second-order valence-electron chi connectivity index (χ2n) is 3.55. The highest BCUT2D eigenvalue weighted by molar-refractivity contribution is 5.89. The van der Waals surface area contributed by atoms with E-state index in [1.54, 1.807) is 0 Å². The molecule has 0 spiro atoms. The molecule has 0 aromatic heterocycles. The first-order valence-electron chi connectivity index (χ1n) is 4.89. The highest BCUT2D eigenvalue weighted by Crippen LogP contribution is 2.17. The van der Waals surface area contributed by atoms with Gasteiger partial charge < -0.3 is 16.0 Å². The smallest absolute Gasteiger partial charge is 0.319 e. The predicted molar refractivity (Wildman–Crippen MR) is 55.2 cm³/mol. The average Bonchev–Trinajstić information content (AvgIpc) is 2.18. The lowest BCUT2D eigenvalue weighted by atomic mass is 10.2. The van der Waals surface area contributed by atoms with E-state index in [-0.39, 0.29) is 6.04 Å². The van der Waals surface area contributed by atoms with Gasteiger partial charge in [-0.25, -0.2) is 13.6 Å². The van der Waals surface area contributed by atoms with E-state index in [0.717, 1.165) is 12.1 Å². The van der Waals surface area contributed by atoms with Gasteiger partial charge in [-0.15, -0.1) is 0 Å². The Morgan fingerprint density at radius 3 is 2.44 bits per heavy atom. The maximum Gasteiger partial charge on any atom is 0.319 e. The second kappa shape index (κ2) is 4.44. The molecule has 0 bridgehead atoms. The minimum Gasteiger partial charge on any atom is -0.333 e. The van der Waals surface area contributed by atoms with Crippen molar-refractivity contribution in [3.05, 3.63) is 29.8 Å². The molecule has 1 saturated heterocycles. The zero-order valence-electron chi connectivity index (χ0n) is 8.39. The standard InChI is InChI=1S/C10H11F2N3O/c11-7-2-1-3-8(12)9(7)15-10(16)14-6-4-13-5-6/h1-3,6,13H,4-5H2,(H2,14,15,16). The summed E-state index contributed by atoms with van der Waals surface area (Å²) in [5, 5.41) is 7.69. The van der Waals surface area contributed by atoms with Crippen molar-refractivity contribution in [2.45, 2.75) is 6.04 Å².